The minimum absolute atomic E-state index is 0.164. The third-order valence-corrected chi connectivity index (χ3v) is 4.50. The van der Waals surface area contributed by atoms with E-state index in [1.165, 1.54) is 13.8 Å². The normalized spacial score (nSPS) is 12.0. The molecule has 0 spiro atoms. The van der Waals surface area contributed by atoms with Gasteiger partial charge in [-0.05, 0) is 26.3 Å². The van der Waals surface area contributed by atoms with E-state index in [1.807, 2.05) is 0 Å². The van der Waals surface area contributed by atoms with E-state index in [9.17, 15) is 9.90 Å². The van der Waals surface area contributed by atoms with E-state index in [0.29, 0.717) is 45.6 Å². The van der Waals surface area contributed by atoms with Gasteiger partial charge in [-0.15, -0.1) is 0 Å². The molecule has 0 radical (unpaired) electrons. The molecule has 0 aliphatic heterocycles. The number of aromatic nitrogens is 5. The molecule has 1 aromatic carbocycles. The van der Waals surface area contributed by atoms with Crippen LogP contribution in [0.25, 0.3) is 27.8 Å². The molecule has 9 heteroatoms. The number of carbonyl (C=O) groups is 1. The van der Waals surface area contributed by atoms with Crippen LogP contribution in [0.5, 0.6) is 0 Å². The van der Waals surface area contributed by atoms with Gasteiger partial charge in [-0.3, -0.25) is 14.9 Å². The summed E-state index contributed by atoms with van der Waals surface area (Å²) in [5.41, 5.74) is 1.20. The molecule has 0 atom stereocenters. The lowest BCUT2D eigenvalue weighted by Gasteiger charge is -2.22. The van der Waals surface area contributed by atoms with Gasteiger partial charge < -0.3 is 14.8 Å². The van der Waals surface area contributed by atoms with Crippen LogP contribution in [-0.2, 0) is 10.4 Å². The van der Waals surface area contributed by atoms with Crippen LogP contribution >= 0.6 is 0 Å². The van der Waals surface area contributed by atoms with Crippen LogP contribution in [0, 0.1) is 12.7 Å². The lowest BCUT2D eigenvalue weighted by Crippen LogP contribution is -2.19. The molecule has 27 heavy (non-hydrogen) atoms. The fraction of sp³-hybridized carbons (Fsp3) is 0.222. The van der Waals surface area contributed by atoms with Gasteiger partial charge in [0.2, 0.25) is 6.41 Å². The van der Waals surface area contributed by atoms with E-state index < -0.39 is 11.4 Å². The number of amides is 1. The standard InChI is InChI=1S/C18H17FN6O2/c1-9-14(10-4-22-24-17(10)15(16(9)19)18(2,3)27)11-6-25-7-12(21-8-26)23-13(25)5-20-11/h4-8,27H,1-3H3,(H,21,26)(H,22,24). The summed E-state index contributed by atoms with van der Waals surface area (Å²) in [6.07, 6.45) is 7.01. The number of nitrogens with one attached hydrogen (secondary N) is 2. The lowest BCUT2D eigenvalue weighted by molar-refractivity contribution is -0.105. The van der Waals surface area contributed by atoms with Gasteiger partial charge in [-0.2, -0.15) is 5.10 Å². The summed E-state index contributed by atoms with van der Waals surface area (Å²) in [5.74, 6) is -0.122. The number of halogens is 1. The average molecular weight is 368 g/mol. The SMILES string of the molecule is Cc1c(F)c(C(C)(C)O)c2[nH]ncc2c1-c1cn2cc(NC=O)nc2cn1. The fourth-order valence-electron chi connectivity index (χ4n) is 3.34. The number of fused-ring (bicyclic) bond motifs is 2. The Kier molecular flexibility index (Phi) is 3.70. The summed E-state index contributed by atoms with van der Waals surface area (Å²) in [6, 6.07) is 0. The van der Waals surface area contributed by atoms with E-state index in [0.717, 1.165) is 0 Å². The summed E-state index contributed by atoms with van der Waals surface area (Å²) in [6.45, 7) is 4.70. The highest BCUT2D eigenvalue weighted by Gasteiger charge is 2.29. The zero-order valence-corrected chi connectivity index (χ0v) is 14.9. The third-order valence-electron chi connectivity index (χ3n) is 4.50. The fourth-order valence-corrected chi connectivity index (χ4v) is 3.34. The number of H-pyrrole nitrogens is 1. The molecule has 0 bridgehead atoms. The zero-order valence-electron chi connectivity index (χ0n) is 14.9. The number of aromatic amines is 1. The molecule has 4 aromatic rings. The smallest absolute Gasteiger partial charge is 0.212 e. The Balaban J connectivity index is 1.99. The Bertz CT molecular complexity index is 1190. The second-order valence-electron chi connectivity index (χ2n) is 6.83. The number of nitrogens with zero attached hydrogens (tertiary/aromatic N) is 4. The van der Waals surface area contributed by atoms with Crippen LogP contribution in [0.2, 0.25) is 0 Å². The van der Waals surface area contributed by atoms with Gasteiger partial charge in [0.05, 0.1) is 35.4 Å². The third kappa shape index (κ3) is 2.63. The van der Waals surface area contributed by atoms with Gasteiger partial charge in [0.25, 0.3) is 0 Å². The summed E-state index contributed by atoms with van der Waals surface area (Å²) in [4.78, 5) is 19.2. The molecule has 0 aliphatic carbocycles. The molecule has 3 heterocycles. The number of anilines is 1. The predicted octanol–water partition coefficient (Wildman–Crippen LogP) is 2.52. The maximum absolute atomic E-state index is 15.2. The van der Waals surface area contributed by atoms with Crippen LogP contribution < -0.4 is 5.32 Å². The van der Waals surface area contributed by atoms with Gasteiger partial charge >= 0.3 is 0 Å². The maximum Gasteiger partial charge on any atom is 0.212 e. The molecule has 0 saturated carbocycles. The Morgan fingerprint density at radius 3 is 2.81 bits per heavy atom. The molecular formula is C18H17FN6O2. The average Bonchev–Trinajstić information content (AvgIpc) is 3.20. The summed E-state index contributed by atoms with van der Waals surface area (Å²) >= 11 is 0. The van der Waals surface area contributed by atoms with Crippen LogP contribution in [0.3, 0.4) is 0 Å². The minimum Gasteiger partial charge on any atom is -0.386 e. The predicted molar refractivity (Wildman–Crippen MR) is 97.7 cm³/mol. The van der Waals surface area contributed by atoms with E-state index >= 15 is 4.39 Å². The Labute approximate surface area is 153 Å². The molecular weight excluding hydrogens is 351 g/mol. The second kappa shape index (κ2) is 5.85. The van der Waals surface area contributed by atoms with E-state index in [2.05, 4.69) is 25.5 Å². The number of aliphatic hydroxyl groups is 1. The van der Waals surface area contributed by atoms with Crippen LogP contribution in [-0.4, -0.2) is 36.1 Å². The van der Waals surface area contributed by atoms with E-state index in [1.54, 1.807) is 36.1 Å². The first-order valence-corrected chi connectivity index (χ1v) is 8.24. The van der Waals surface area contributed by atoms with Crippen molar-refractivity contribution in [3.8, 4) is 11.3 Å². The molecule has 138 valence electrons. The molecule has 1 amide bonds. The Morgan fingerprint density at radius 1 is 1.33 bits per heavy atom. The van der Waals surface area contributed by atoms with E-state index in [-0.39, 0.29) is 5.56 Å². The van der Waals surface area contributed by atoms with E-state index in [4.69, 9.17) is 0 Å². The molecule has 0 saturated heterocycles. The van der Waals surface area contributed by atoms with Crippen molar-refractivity contribution < 1.29 is 14.3 Å². The van der Waals surface area contributed by atoms with Crippen molar-refractivity contribution in [3.63, 3.8) is 0 Å². The van der Waals surface area contributed by atoms with Crippen LogP contribution in [0.15, 0.2) is 24.8 Å². The summed E-state index contributed by atoms with van der Waals surface area (Å²) < 4.78 is 16.9. The highest BCUT2D eigenvalue weighted by atomic mass is 19.1. The molecule has 0 aliphatic rings. The van der Waals surface area contributed by atoms with Crippen molar-refractivity contribution in [2.75, 3.05) is 5.32 Å². The number of carbonyl (C=O) groups excluding carboxylic acids is 1. The number of hydrogen-bond donors (Lipinski definition) is 3. The highest BCUT2D eigenvalue weighted by Crippen LogP contribution is 2.38. The number of rotatable bonds is 4. The van der Waals surface area contributed by atoms with Crippen molar-refractivity contribution in [2.45, 2.75) is 26.4 Å². The summed E-state index contributed by atoms with van der Waals surface area (Å²) in [5, 5.41) is 20.4. The largest absolute Gasteiger partial charge is 0.386 e. The molecule has 3 aromatic heterocycles. The first-order chi connectivity index (χ1) is 12.8. The maximum atomic E-state index is 15.2. The Hall–Kier alpha value is -3.33. The number of hydrogen-bond acceptors (Lipinski definition) is 5. The molecule has 8 nitrogen and oxygen atoms in total. The first-order valence-electron chi connectivity index (χ1n) is 8.24. The minimum atomic E-state index is -1.38. The monoisotopic (exact) mass is 368 g/mol. The molecule has 0 unspecified atom stereocenters. The van der Waals surface area contributed by atoms with Gasteiger partial charge in [0, 0.05) is 22.7 Å². The van der Waals surface area contributed by atoms with Gasteiger partial charge in [-0.1, -0.05) is 0 Å². The zero-order chi connectivity index (χ0) is 19.3. The molecule has 0 fully saturated rings. The highest BCUT2D eigenvalue weighted by molar-refractivity contribution is 5.97. The van der Waals surface area contributed by atoms with Crippen molar-refractivity contribution >= 4 is 28.8 Å². The molecule has 3 N–H and O–H groups in total. The lowest BCUT2D eigenvalue weighted by atomic mass is 9.89. The quantitative estimate of drug-likeness (QED) is 0.480. The van der Waals surface area contributed by atoms with Crippen molar-refractivity contribution in [2.24, 2.45) is 0 Å². The second-order valence-corrected chi connectivity index (χ2v) is 6.83. The Morgan fingerprint density at radius 2 is 2.11 bits per heavy atom. The summed E-state index contributed by atoms with van der Waals surface area (Å²) in [7, 11) is 0. The van der Waals surface area contributed by atoms with Gasteiger partial charge in [-0.25, -0.2) is 9.37 Å². The topological polar surface area (TPSA) is 108 Å². The van der Waals surface area contributed by atoms with Crippen molar-refractivity contribution in [1.82, 2.24) is 24.6 Å². The van der Waals surface area contributed by atoms with Crippen LogP contribution in [0.4, 0.5) is 10.2 Å². The van der Waals surface area contributed by atoms with Crippen molar-refractivity contribution in [3.05, 3.63) is 41.7 Å². The van der Waals surface area contributed by atoms with Crippen LogP contribution in [0.1, 0.15) is 25.0 Å². The number of imidazole rings is 1. The van der Waals surface area contributed by atoms with Crippen molar-refractivity contribution in [1.29, 1.82) is 0 Å². The number of benzene rings is 1. The first kappa shape index (κ1) is 17.1. The molecule has 4 rings (SSSR count). The van der Waals surface area contributed by atoms with Gasteiger partial charge in [0.1, 0.15) is 5.82 Å². The van der Waals surface area contributed by atoms with Gasteiger partial charge in [0.15, 0.2) is 11.5 Å².